The van der Waals surface area contributed by atoms with Crippen molar-refractivity contribution in [2.75, 3.05) is 0 Å². The summed E-state index contributed by atoms with van der Waals surface area (Å²) < 4.78 is 7.51. The van der Waals surface area contributed by atoms with Gasteiger partial charge in [0.05, 0.1) is 5.02 Å². The van der Waals surface area contributed by atoms with Crippen molar-refractivity contribution in [1.29, 1.82) is 0 Å². The SMILES string of the molecule is Cc1nccn1-c1ncccc1CNC(=O)C(C)Oc1ccc(Cl)cc1Cl. The smallest absolute Gasteiger partial charge is 0.261 e. The average Bonchev–Trinajstić information content (AvgIpc) is 3.08. The standard InChI is InChI=1S/C19H18Cl2N4O2/c1-12(27-17-6-5-15(20)10-16(17)21)19(26)24-11-14-4-3-7-23-18(14)25-9-8-22-13(25)2/h3-10,12H,11H2,1-2H3,(H,24,26). The number of hydrogen-bond donors (Lipinski definition) is 1. The molecule has 0 aliphatic carbocycles. The minimum atomic E-state index is -0.723. The van der Waals surface area contributed by atoms with Crippen molar-refractivity contribution in [3.63, 3.8) is 0 Å². The number of benzene rings is 1. The van der Waals surface area contributed by atoms with E-state index in [-0.39, 0.29) is 5.91 Å². The second-order valence-corrected chi connectivity index (χ2v) is 6.73. The van der Waals surface area contributed by atoms with Crippen molar-refractivity contribution < 1.29 is 9.53 Å². The second-order valence-electron chi connectivity index (χ2n) is 5.88. The first-order chi connectivity index (χ1) is 13.0. The quantitative estimate of drug-likeness (QED) is 0.674. The van der Waals surface area contributed by atoms with E-state index < -0.39 is 6.10 Å². The summed E-state index contributed by atoms with van der Waals surface area (Å²) in [6, 6.07) is 8.59. The van der Waals surface area contributed by atoms with Crippen LogP contribution in [-0.2, 0) is 11.3 Å². The fourth-order valence-electron chi connectivity index (χ4n) is 2.53. The van der Waals surface area contributed by atoms with Gasteiger partial charge in [-0.3, -0.25) is 9.36 Å². The highest BCUT2D eigenvalue weighted by molar-refractivity contribution is 6.35. The molecule has 0 saturated heterocycles. The van der Waals surface area contributed by atoms with E-state index in [2.05, 4.69) is 15.3 Å². The number of hydrogen-bond acceptors (Lipinski definition) is 4. The number of imidazole rings is 1. The third-order valence-corrected chi connectivity index (χ3v) is 4.47. The van der Waals surface area contributed by atoms with E-state index in [1.807, 2.05) is 29.8 Å². The van der Waals surface area contributed by atoms with Crippen LogP contribution in [0.5, 0.6) is 5.75 Å². The Morgan fingerprint density at radius 2 is 2.07 bits per heavy atom. The first-order valence-electron chi connectivity index (χ1n) is 8.29. The van der Waals surface area contributed by atoms with Crippen LogP contribution in [0.4, 0.5) is 0 Å². The van der Waals surface area contributed by atoms with Gasteiger partial charge in [0, 0.05) is 35.7 Å². The number of nitrogens with zero attached hydrogens (tertiary/aromatic N) is 3. The van der Waals surface area contributed by atoms with Gasteiger partial charge in [0.25, 0.3) is 5.91 Å². The van der Waals surface area contributed by atoms with Gasteiger partial charge in [0.1, 0.15) is 17.4 Å². The van der Waals surface area contributed by atoms with Crippen molar-refractivity contribution in [3.8, 4) is 11.6 Å². The van der Waals surface area contributed by atoms with E-state index >= 15 is 0 Å². The molecule has 0 aliphatic rings. The molecule has 8 heteroatoms. The number of carbonyl (C=O) groups excluding carboxylic acids is 1. The molecule has 1 N–H and O–H groups in total. The van der Waals surface area contributed by atoms with Crippen LogP contribution in [0.3, 0.4) is 0 Å². The number of nitrogens with one attached hydrogen (secondary N) is 1. The minimum Gasteiger partial charge on any atom is -0.479 e. The summed E-state index contributed by atoms with van der Waals surface area (Å²) in [4.78, 5) is 21.0. The lowest BCUT2D eigenvalue weighted by Crippen LogP contribution is -2.36. The first-order valence-corrected chi connectivity index (χ1v) is 9.05. The van der Waals surface area contributed by atoms with Crippen molar-refractivity contribution in [1.82, 2.24) is 19.9 Å². The largest absolute Gasteiger partial charge is 0.479 e. The number of pyridine rings is 1. The Morgan fingerprint density at radius 1 is 1.26 bits per heavy atom. The number of halogens is 2. The lowest BCUT2D eigenvalue weighted by atomic mass is 10.2. The normalized spacial score (nSPS) is 11.9. The highest BCUT2D eigenvalue weighted by atomic mass is 35.5. The predicted molar refractivity (Wildman–Crippen MR) is 104 cm³/mol. The van der Waals surface area contributed by atoms with Crippen molar-refractivity contribution in [2.24, 2.45) is 0 Å². The summed E-state index contributed by atoms with van der Waals surface area (Å²) >= 11 is 12.0. The monoisotopic (exact) mass is 404 g/mol. The van der Waals surface area contributed by atoms with Crippen LogP contribution in [0.1, 0.15) is 18.3 Å². The van der Waals surface area contributed by atoms with Crippen LogP contribution in [0.25, 0.3) is 5.82 Å². The molecule has 1 atom stereocenters. The zero-order valence-corrected chi connectivity index (χ0v) is 16.3. The summed E-state index contributed by atoms with van der Waals surface area (Å²) in [5.74, 6) is 1.68. The average molecular weight is 405 g/mol. The Balaban J connectivity index is 1.66. The third-order valence-electron chi connectivity index (χ3n) is 3.94. The van der Waals surface area contributed by atoms with E-state index in [0.29, 0.717) is 22.3 Å². The van der Waals surface area contributed by atoms with E-state index in [1.54, 1.807) is 37.5 Å². The Kier molecular flexibility index (Phi) is 5.98. The molecule has 3 aromatic rings. The highest BCUT2D eigenvalue weighted by Gasteiger charge is 2.17. The van der Waals surface area contributed by atoms with Crippen molar-refractivity contribution in [2.45, 2.75) is 26.5 Å². The van der Waals surface area contributed by atoms with Crippen LogP contribution < -0.4 is 10.1 Å². The zero-order chi connectivity index (χ0) is 19.4. The number of rotatable bonds is 6. The molecule has 0 fully saturated rings. The highest BCUT2D eigenvalue weighted by Crippen LogP contribution is 2.28. The molecule has 140 valence electrons. The van der Waals surface area contributed by atoms with Crippen LogP contribution in [0.15, 0.2) is 48.9 Å². The number of amides is 1. The molecule has 1 amide bonds. The van der Waals surface area contributed by atoms with Crippen molar-refractivity contribution >= 4 is 29.1 Å². The number of aryl methyl sites for hydroxylation is 1. The lowest BCUT2D eigenvalue weighted by Gasteiger charge is -2.16. The molecule has 3 rings (SSSR count). The number of aromatic nitrogens is 3. The summed E-state index contributed by atoms with van der Waals surface area (Å²) in [6.07, 6.45) is 4.52. The van der Waals surface area contributed by atoms with Gasteiger partial charge in [-0.1, -0.05) is 29.3 Å². The third kappa shape index (κ3) is 4.59. The van der Waals surface area contributed by atoms with E-state index in [9.17, 15) is 4.79 Å². The summed E-state index contributed by atoms with van der Waals surface area (Å²) in [6.45, 7) is 3.86. The van der Waals surface area contributed by atoms with Crippen LogP contribution >= 0.6 is 23.2 Å². The Bertz CT molecular complexity index is 958. The molecule has 0 aliphatic heterocycles. The zero-order valence-electron chi connectivity index (χ0n) is 14.8. The predicted octanol–water partition coefficient (Wildman–Crippen LogP) is 3.97. The van der Waals surface area contributed by atoms with Gasteiger partial charge in [-0.25, -0.2) is 9.97 Å². The molecule has 0 radical (unpaired) electrons. The van der Waals surface area contributed by atoms with Gasteiger partial charge in [-0.05, 0) is 38.1 Å². The molecule has 2 heterocycles. The summed E-state index contributed by atoms with van der Waals surface area (Å²) in [7, 11) is 0. The van der Waals surface area contributed by atoms with Crippen molar-refractivity contribution in [3.05, 3.63) is 70.4 Å². The second kappa shape index (κ2) is 8.41. The molecule has 2 aromatic heterocycles. The molecule has 1 aromatic carbocycles. The number of carbonyl (C=O) groups is 1. The van der Waals surface area contributed by atoms with Gasteiger partial charge in [-0.2, -0.15) is 0 Å². The van der Waals surface area contributed by atoms with Gasteiger partial charge in [0.2, 0.25) is 0 Å². The Morgan fingerprint density at radius 3 is 2.78 bits per heavy atom. The molecular weight excluding hydrogens is 387 g/mol. The first kappa shape index (κ1) is 19.2. The molecule has 27 heavy (non-hydrogen) atoms. The van der Waals surface area contributed by atoms with E-state index in [4.69, 9.17) is 27.9 Å². The fourth-order valence-corrected chi connectivity index (χ4v) is 2.98. The lowest BCUT2D eigenvalue weighted by molar-refractivity contribution is -0.127. The van der Waals surface area contributed by atoms with E-state index in [0.717, 1.165) is 17.2 Å². The van der Waals surface area contributed by atoms with Gasteiger partial charge in [-0.15, -0.1) is 0 Å². The maximum atomic E-state index is 12.4. The Hall–Kier alpha value is -2.57. The summed E-state index contributed by atoms with van der Waals surface area (Å²) in [5.41, 5.74) is 0.865. The van der Waals surface area contributed by atoms with Gasteiger partial charge in [0.15, 0.2) is 6.10 Å². The van der Waals surface area contributed by atoms with Gasteiger partial charge < -0.3 is 10.1 Å². The summed E-state index contributed by atoms with van der Waals surface area (Å²) in [5, 5.41) is 3.72. The maximum Gasteiger partial charge on any atom is 0.261 e. The van der Waals surface area contributed by atoms with Crippen LogP contribution in [-0.4, -0.2) is 26.5 Å². The topological polar surface area (TPSA) is 69.0 Å². The van der Waals surface area contributed by atoms with E-state index in [1.165, 1.54) is 0 Å². The van der Waals surface area contributed by atoms with Gasteiger partial charge >= 0.3 is 0 Å². The fraction of sp³-hybridized carbons (Fsp3) is 0.211. The van der Waals surface area contributed by atoms with Crippen LogP contribution in [0.2, 0.25) is 10.0 Å². The van der Waals surface area contributed by atoms with Crippen LogP contribution in [0, 0.1) is 6.92 Å². The molecule has 1 unspecified atom stereocenters. The molecule has 0 bridgehead atoms. The molecule has 0 saturated carbocycles. The number of ether oxygens (including phenoxy) is 1. The maximum absolute atomic E-state index is 12.4. The molecular formula is C19H18Cl2N4O2. The minimum absolute atomic E-state index is 0.266. The molecule has 0 spiro atoms. The Labute approximate surface area is 167 Å². The molecule has 6 nitrogen and oxygen atoms in total.